The molecule has 1 aromatic rings. The van der Waals surface area contributed by atoms with E-state index >= 15 is 0 Å². The van der Waals surface area contributed by atoms with Gasteiger partial charge in [0.2, 0.25) is 0 Å². The van der Waals surface area contributed by atoms with Gasteiger partial charge in [-0.3, -0.25) is 4.68 Å². The minimum absolute atomic E-state index is 0.461. The van der Waals surface area contributed by atoms with E-state index in [0.717, 1.165) is 24.2 Å². The number of nitrogens with one attached hydrogen (secondary N) is 1. The maximum absolute atomic E-state index is 4.51. The van der Waals surface area contributed by atoms with Crippen LogP contribution in [0.2, 0.25) is 0 Å². The van der Waals surface area contributed by atoms with E-state index in [9.17, 15) is 0 Å². The highest BCUT2D eigenvalue weighted by atomic mass is 15.3. The first-order valence-electron chi connectivity index (χ1n) is 5.92. The average Bonchev–Trinajstić information content (AvgIpc) is 2.59. The van der Waals surface area contributed by atoms with Crippen LogP contribution < -0.4 is 5.32 Å². The zero-order valence-electron chi connectivity index (χ0n) is 9.90. The Bertz CT molecular complexity index is 310. The first-order valence-corrected chi connectivity index (χ1v) is 5.92. The summed E-state index contributed by atoms with van der Waals surface area (Å²) in [6.07, 6.45) is 4.71. The van der Waals surface area contributed by atoms with E-state index in [1.165, 1.54) is 12.8 Å². The van der Waals surface area contributed by atoms with Crippen molar-refractivity contribution in [1.82, 2.24) is 15.1 Å². The number of rotatable bonds is 4. The lowest BCUT2D eigenvalue weighted by Crippen LogP contribution is -2.39. The van der Waals surface area contributed by atoms with E-state index in [1.54, 1.807) is 0 Å². The monoisotopic (exact) mass is 207 g/mol. The summed E-state index contributed by atoms with van der Waals surface area (Å²) in [5.74, 6) is 0.913. The van der Waals surface area contributed by atoms with Crippen LogP contribution in [0.3, 0.4) is 0 Å². The fourth-order valence-corrected chi connectivity index (χ4v) is 2.08. The second-order valence-electron chi connectivity index (χ2n) is 5.04. The van der Waals surface area contributed by atoms with E-state index in [0.29, 0.717) is 6.04 Å². The van der Waals surface area contributed by atoms with Crippen molar-refractivity contribution in [2.45, 2.75) is 52.2 Å². The standard InChI is InChI=1S/C12H21N3/c1-9(2)15-5-4-11(14-15)8-13-12-6-10(3)7-12/h4-5,9-10,12-13H,6-8H2,1-3H3. The lowest BCUT2D eigenvalue weighted by molar-refractivity contribution is 0.239. The molecule has 1 aliphatic rings. The molecule has 1 N–H and O–H groups in total. The predicted molar refractivity (Wildman–Crippen MR) is 61.6 cm³/mol. The van der Waals surface area contributed by atoms with Crippen LogP contribution in [0, 0.1) is 5.92 Å². The van der Waals surface area contributed by atoms with Gasteiger partial charge in [-0.2, -0.15) is 5.10 Å². The van der Waals surface area contributed by atoms with Crippen LogP contribution in [0.5, 0.6) is 0 Å². The quantitative estimate of drug-likeness (QED) is 0.821. The summed E-state index contributed by atoms with van der Waals surface area (Å²) < 4.78 is 2.01. The molecule has 0 unspecified atom stereocenters. The Morgan fingerprint density at radius 3 is 2.80 bits per heavy atom. The summed E-state index contributed by atoms with van der Waals surface area (Å²) in [5.41, 5.74) is 1.16. The molecule has 0 atom stereocenters. The molecule has 0 spiro atoms. The zero-order chi connectivity index (χ0) is 10.8. The van der Waals surface area contributed by atoms with Crippen molar-refractivity contribution in [3.8, 4) is 0 Å². The highest BCUT2D eigenvalue weighted by molar-refractivity contribution is 5.00. The molecular weight excluding hydrogens is 186 g/mol. The van der Waals surface area contributed by atoms with Crippen LogP contribution in [0.25, 0.3) is 0 Å². The summed E-state index contributed by atoms with van der Waals surface area (Å²) in [4.78, 5) is 0. The first kappa shape index (κ1) is 10.7. The van der Waals surface area contributed by atoms with Gasteiger partial charge >= 0.3 is 0 Å². The molecule has 1 aromatic heterocycles. The Hall–Kier alpha value is -0.830. The summed E-state index contributed by atoms with van der Waals surface area (Å²) in [6, 6.07) is 3.29. The lowest BCUT2D eigenvalue weighted by atomic mass is 9.82. The van der Waals surface area contributed by atoms with Crippen molar-refractivity contribution in [2.75, 3.05) is 0 Å². The molecule has 0 amide bonds. The molecule has 84 valence electrons. The highest BCUT2D eigenvalue weighted by Gasteiger charge is 2.24. The molecule has 2 rings (SSSR count). The molecule has 3 nitrogen and oxygen atoms in total. The minimum atomic E-state index is 0.461. The van der Waals surface area contributed by atoms with Crippen molar-refractivity contribution in [2.24, 2.45) is 5.92 Å². The first-order chi connectivity index (χ1) is 7.15. The maximum atomic E-state index is 4.51. The van der Waals surface area contributed by atoms with Gasteiger partial charge in [-0.1, -0.05) is 6.92 Å². The third-order valence-electron chi connectivity index (χ3n) is 3.14. The third-order valence-corrected chi connectivity index (χ3v) is 3.14. The van der Waals surface area contributed by atoms with Crippen LogP contribution in [0.1, 0.15) is 45.3 Å². The molecule has 0 radical (unpaired) electrons. The van der Waals surface area contributed by atoms with Crippen LogP contribution in [0.4, 0.5) is 0 Å². The van der Waals surface area contributed by atoms with Gasteiger partial charge in [0.1, 0.15) is 0 Å². The Morgan fingerprint density at radius 2 is 2.27 bits per heavy atom. The lowest BCUT2D eigenvalue weighted by Gasteiger charge is -2.33. The topological polar surface area (TPSA) is 29.9 Å². The minimum Gasteiger partial charge on any atom is -0.308 e. The molecule has 0 aromatic carbocycles. The van der Waals surface area contributed by atoms with Gasteiger partial charge in [-0.05, 0) is 38.7 Å². The van der Waals surface area contributed by atoms with Crippen molar-refractivity contribution < 1.29 is 0 Å². The van der Waals surface area contributed by atoms with E-state index < -0.39 is 0 Å². The van der Waals surface area contributed by atoms with E-state index in [-0.39, 0.29) is 0 Å². The molecular formula is C12H21N3. The largest absolute Gasteiger partial charge is 0.308 e. The molecule has 1 heterocycles. The Kier molecular flexibility index (Phi) is 3.10. The van der Waals surface area contributed by atoms with Crippen LogP contribution in [-0.4, -0.2) is 15.8 Å². The second-order valence-corrected chi connectivity index (χ2v) is 5.04. The van der Waals surface area contributed by atoms with Gasteiger partial charge in [0, 0.05) is 24.8 Å². The molecule has 3 heteroatoms. The smallest absolute Gasteiger partial charge is 0.0762 e. The Morgan fingerprint density at radius 1 is 1.53 bits per heavy atom. The second kappa shape index (κ2) is 4.35. The number of aromatic nitrogens is 2. The highest BCUT2D eigenvalue weighted by Crippen LogP contribution is 2.26. The maximum Gasteiger partial charge on any atom is 0.0762 e. The Labute approximate surface area is 91.9 Å². The van der Waals surface area contributed by atoms with E-state index in [2.05, 4.69) is 43.4 Å². The van der Waals surface area contributed by atoms with Crippen molar-refractivity contribution in [3.63, 3.8) is 0 Å². The molecule has 1 saturated carbocycles. The molecule has 0 bridgehead atoms. The van der Waals surface area contributed by atoms with Crippen molar-refractivity contribution in [1.29, 1.82) is 0 Å². The van der Waals surface area contributed by atoms with Crippen LogP contribution in [-0.2, 0) is 6.54 Å². The Balaban J connectivity index is 1.78. The van der Waals surface area contributed by atoms with Crippen LogP contribution in [0.15, 0.2) is 12.3 Å². The van der Waals surface area contributed by atoms with E-state index in [4.69, 9.17) is 0 Å². The van der Waals surface area contributed by atoms with Gasteiger partial charge < -0.3 is 5.32 Å². The van der Waals surface area contributed by atoms with Crippen LogP contribution >= 0.6 is 0 Å². The predicted octanol–water partition coefficient (Wildman–Crippen LogP) is 2.35. The fraction of sp³-hybridized carbons (Fsp3) is 0.750. The van der Waals surface area contributed by atoms with Crippen molar-refractivity contribution >= 4 is 0 Å². The van der Waals surface area contributed by atoms with Crippen molar-refractivity contribution in [3.05, 3.63) is 18.0 Å². The van der Waals surface area contributed by atoms with Gasteiger partial charge in [-0.15, -0.1) is 0 Å². The summed E-state index contributed by atoms with van der Waals surface area (Å²) in [6.45, 7) is 7.53. The average molecular weight is 207 g/mol. The molecule has 0 aliphatic heterocycles. The molecule has 0 saturated heterocycles. The molecule has 15 heavy (non-hydrogen) atoms. The van der Waals surface area contributed by atoms with Gasteiger partial charge in [-0.25, -0.2) is 0 Å². The summed E-state index contributed by atoms with van der Waals surface area (Å²) in [7, 11) is 0. The normalized spacial score (nSPS) is 25.6. The molecule has 1 aliphatic carbocycles. The zero-order valence-corrected chi connectivity index (χ0v) is 9.90. The third kappa shape index (κ3) is 2.59. The fourth-order valence-electron chi connectivity index (χ4n) is 2.08. The SMILES string of the molecule is CC1CC(NCc2ccn(C(C)C)n2)C1. The van der Waals surface area contributed by atoms with E-state index in [1.807, 2.05) is 4.68 Å². The van der Waals surface area contributed by atoms with Gasteiger partial charge in [0.05, 0.1) is 5.69 Å². The number of hydrogen-bond donors (Lipinski definition) is 1. The van der Waals surface area contributed by atoms with Gasteiger partial charge in [0.15, 0.2) is 0 Å². The number of hydrogen-bond acceptors (Lipinski definition) is 2. The van der Waals surface area contributed by atoms with Gasteiger partial charge in [0.25, 0.3) is 0 Å². The molecule has 1 fully saturated rings. The number of nitrogens with zero attached hydrogens (tertiary/aromatic N) is 2. The summed E-state index contributed by atoms with van der Waals surface area (Å²) >= 11 is 0. The summed E-state index contributed by atoms with van der Waals surface area (Å²) in [5, 5.41) is 8.06.